The molecule has 2 heterocycles. The van der Waals surface area contributed by atoms with Crippen molar-refractivity contribution in [2.75, 3.05) is 6.54 Å². The third-order valence-electron chi connectivity index (χ3n) is 2.21. The Morgan fingerprint density at radius 3 is 3.18 bits per heavy atom. The molecule has 2 rings (SSSR count). The van der Waals surface area contributed by atoms with Crippen LogP contribution in [-0.4, -0.2) is 21.8 Å². The van der Waals surface area contributed by atoms with Crippen molar-refractivity contribution in [2.45, 2.75) is 6.92 Å². The van der Waals surface area contributed by atoms with Gasteiger partial charge in [0.2, 0.25) is 0 Å². The minimum absolute atomic E-state index is 0.000694. The lowest BCUT2D eigenvalue weighted by molar-refractivity contribution is 0.0956. The van der Waals surface area contributed by atoms with E-state index < -0.39 is 5.91 Å². The number of hydrogen-bond acceptors (Lipinski definition) is 4. The molecule has 86 valence electrons. The number of carbonyl (C=O) groups is 1. The van der Waals surface area contributed by atoms with E-state index in [0.29, 0.717) is 4.96 Å². The molecule has 6 heteroatoms. The number of aromatic nitrogens is 2. The number of carbonyl (C=O) groups excluding carboxylic acids is 1. The molecule has 0 saturated carbocycles. The van der Waals surface area contributed by atoms with E-state index in [1.807, 2.05) is 5.38 Å². The summed E-state index contributed by atoms with van der Waals surface area (Å²) in [6.07, 6.45) is 6.31. The Hall–Kier alpha value is -2.13. The molecule has 17 heavy (non-hydrogen) atoms. The first kappa shape index (κ1) is 11.4. The van der Waals surface area contributed by atoms with E-state index in [1.165, 1.54) is 21.9 Å². The van der Waals surface area contributed by atoms with Crippen LogP contribution in [-0.2, 0) is 0 Å². The molecule has 0 saturated heterocycles. The van der Waals surface area contributed by atoms with Crippen LogP contribution in [0.4, 0.5) is 0 Å². The van der Waals surface area contributed by atoms with Gasteiger partial charge in [0.15, 0.2) is 4.96 Å². The number of rotatable bonds is 2. The Morgan fingerprint density at radius 1 is 1.71 bits per heavy atom. The summed E-state index contributed by atoms with van der Waals surface area (Å²) in [5.74, 6) is 1.77. The van der Waals surface area contributed by atoms with Crippen molar-refractivity contribution in [3.8, 4) is 12.3 Å². The molecule has 0 unspecified atom stereocenters. The van der Waals surface area contributed by atoms with Crippen LogP contribution in [0.25, 0.3) is 4.96 Å². The van der Waals surface area contributed by atoms with Crippen molar-refractivity contribution in [3.63, 3.8) is 0 Å². The summed E-state index contributed by atoms with van der Waals surface area (Å²) in [6, 6.07) is 0. The van der Waals surface area contributed by atoms with Gasteiger partial charge in [0.05, 0.1) is 6.54 Å². The molecule has 0 bridgehead atoms. The number of hydrogen-bond donors (Lipinski definition) is 1. The minimum atomic E-state index is -0.500. The van der Waals surface area contributed by atoms with Gasteiger partial charge in [0.1, 0.15) is 5.56 Å². The zero-order valence-corrected chi connectivity index (χ0v) is 9.87. The molecule has 0 aliphatic heterocycles. The van der Waals surface area contributed by atoms with Gasteiger partial charge >= 0.3 is 0 Å². The summed E-state index contributed by atoms with van der Waals surface area (Å²) in [7, 11) is 0. The monoisotopic (exact) mass is 247 g/mol. The van der Waals surface area contributed by atoms with Crippen molar-refractivity contribution in [3.05, 3.63) is 33.2 Å². The first-order valence-electron chi connectivity index (χ1n) is 4.82. The number of amides is 1. The van der Waals surface area contributed by atoms with Crippen LogP contribution in [0.2, 0.25) is 0 Å². The highest BCUT2D eigenvalue weighted by Crippen LogP contribution is 2.10. The van der Waals surface area contributed by atoms with E-state index in [4.69, 9.17) is 6.42 Å². The SMILES string of the molecule is C#CCNC(=O)c1cnc2scc(C)n2c1=O. The first-order valence-corrected chi connectivity index (χ1v) is 5.70. The lowest BCUT2D eigenvalue weighted by atomic mass is 10.3. The number of terminal acetylenes is 1. The van der Waals surface area contributed by atoms with Crippen LogP contribution in [0.15, 0.2) is 16.4 Å². The van der Waals surface area contributed by atoms with Gasteiger partial charge in [-0.3, -0.25) is 14.0 Å². The van der Waals surface area contributed by atoms with E-state index in [9.17, 15) is 9.59 Å². The van der Waals surface area contributed by atoms with Crippen LogP contribution in [0, 0.1) is 19.3 Å². The maximum absolute atomic E-state index is 12.0. The fourth-order valence-corrected chi connectivity index (χ4v) is 2.23. The average molecular weight is 247 g/mol. The smallest absolute Gasteiger partial charge is 0.271 e. The largest absolute Gasteiger partial charge is 0.341 e. The van der Waals surface area contributed by atoms with Crippen molar-refractivity contribution in [1.82, 2.24) is 14.7 Å². The minimum Gasteiger partial charge on any atom is -0.341 e. The summed E-state index contributed by atoms with van der Waals surface area (Å²) < 4.78 is 1.41. The average Bonchev–Trinajstić information content (AvgIpc) is 2.69. The molecule has 0 fully saturated rings. The van der Waals surface area contributed by atoms with Gasteiger partial charge in [0, 0.05) is 17.3 Å². The van der Waals surface area contributed by atoms with Gasteiger partial charge in [-0.1, -0.05) is 5.92 Å². The van der Waals surface area contributed by atoms with E-state index in [1.54, 1.807) is 6.92 Å². The molecule has 0 aliphatic carbocycles. The molecular weight excluding hydrogens is 238 g/mol. The standard InChI is InChI=1S/C11H9N3O2S/c1-3-4-12-9(15)8-5-13-11-14(10(8)16)7(2)6-17-11/h1,5-6H,4H2,2H3,(H,12,15). The number of nitrogens with zero attached hydrogens (tertiary/aromatic N) is 2. The van der Waals surface area contributed by atoms with Crippen LogP contribution >= 0.6 is 11.3 Å². The highest BCUT2D eigenvalue weighted by atomic mass is 32.1. The van der Waals surface area contributed by atoms with Crippen LogP contribution in [0.3, 0.4) is 0 Å². The third-order valence-corrected chi connectivity index (χ3v) is 3.17. The van der Waals surface area contributed by atoms with Crippen LogP contribution in [0.1, 0.15) is 16.1 Å². The Bertz CT molecular complexity index is 678. The second-order valence-corrected chi connectivity index (χ2v) is 4.20. The van der Waals surface area contributed by atoms with Gasteiger partial charge < -0.3 is 5.32 Å². The topological polar surface area (TPSA) is 63.5 Å². The van der Waals surface area contributed by atoms with Crippen molar-refractivity contribution in [1.29, 1.82) is 0 Å². The third kappa shape index (κ3) is 1.92. The van der Waals surface area contributed by atoms with Crippen LogP contribution in [0.5, 0.6) is 0 Å². The van der Waals surface area contributed by atoms with Crippen molar-refractivity contribution < 1.29 is 4.79 Å². The molecule has 0 atom stereocenters. The first-order chi connectivity index (χ1) is 8.15. The number of fused-ring (bicyclic) bond motifs is 1. The molecule has 0 spiro atoms. The molecule has 0 aromatic carbocycles. The fraction of sp³-hybridized carbons (Fsp3) is 0.182. The summed E-state index contributed by atoms with van der Waals surface area (Å²) in [4.78, 5) is 28.3. The molecule has 2 aromatic rings. The predicted octanol–water partition coefficient (Wildman–Crippen LogP) is 0.427. The summed E-state index contributed by atoms with van der Waals surface area (Å²) in [5, 5.41) is 4.25. The number of thiazole rings is 1. The van der Waals surface area contributed by atoms with Gasteiger partial charge in [-0.05, 0) is 6.92 Å². The molecule has 2 aromatic heterocycles. The maximum Gasteiger partial charge on any atom is 0.271 e. The maximum atomic E-state index is 12.0. The number of aryl methyl sites for hydroxylation is 1. The van der Waals surface area contributed by atoms with Crippen molar-refractivity contribution in [2.24, 2.45) is 0 Å². The Balaban J connectivity index is 2.53. The Labute approximate surface area is 101 Å². The van der Waals surface area contributed by atoms with Gasteiger partial charge in [0.25, 0.3) is 11.5 Å². The van der Waals surface area contributed by atoms with E-state index in [0.717, 1.165) is 5.69 Å². The quantitative estimate of drug-likeness (QED) is 0.783. The van der Waals surface area contributed by atoms with Gasteiger partial charge in [-0.15, -0.1) is 17.8 Å². The van der Waals surface area contributed by atoms with Crippen LogP contribution < -0.4 is 10.9 Å². The van der Waals surface area contributed by atoms with E-state index in [2.05, 4.69) is 16.2 Å². The Morgan fingerprint density at radius 2 is 2.47 bits per heavy atom. The molecule has 0 aliphatic rings. The molecule has 1 amide bonds. The second kappa shape index (κ2) is 4.39. The predicted molar refractivity (Wildman–Crippen MR) is 65.2 cm³/mol. The van der Waals surface area contributed by atoms with E-state index in [-0.39, 0.29) is 17.7 Å². The lowest BCUT2D eigenvalue weighted by Gasteiger charge is -2.01. The zero-order valence-electron chi connectivity index (χ0n) is 9.06. The summed E-state index contributed by atoms with van der Waals surface area (Å²) in [6.45, 7) is 1.87. The Kier molecular flexibility index (Phi) is 2.93. The summed E-state index contributed by atoms with van der Waals surface area (Å²) >= 11 is 1.35. The molecule has 0 radical (unpaired) electrons. The van der Waals surface area contributed by atoms with Gasteiger partial charge in [-0.25, -0.2) is 4.98 Å². The van der Waals surface area contributed by atoms with E-state index >= 15 is 0 Å². The highest BCUT2D eigenvalue weighted by molar-refractivity contribution is 7.15. The zero-order chi connectivity index (χ0) is 12.4. The lowest BCUT2D eigenvalue weighted by Crippen LogP contribution is -2.31. The summed E-state index contributed by atoms with van der Waals surface area (Å²) in [5.41, 5.74) is 0.386. The molecule has 1 N–H and O–H groups in total. The van der Waals surface area contributed by atoms with Crippen molar-refractivity contribution >= 4 is 22.2 Å². The highest BCUT2D eigenvalue weighted by Gasteiger charge is 2.14. The number of nitrogens with one attached hydrogen (secondary N) is 1. The second-order valence-electron chi connectivity index (χ2n) is 3.36. The molecule has 5 nitrogen and oxygen atoms in total. The van der Waals surface area contributed by atoms with Gasteiger partial charge in [-0.2, -0.15) is 0 Å². The fourth-order valence-electron chi connectivity index (χ4n) is 1.41. The molecular formula is C11H9N3O2S. The normalized spacial score (nSPS) is 10.1.